The molecular weight excluding hydrogens is 209 g/mol. The van der Waals surface area contributed by atoms with Gasteiger partial charge in [-0.3, -0.25) is 0 Å². The number of carbonyl (C=O) groups excluding carboxylic acids is 1. The van der Waals surface area contributed by atoms with Crippen LogP contribution in [0, 0.1) is 5.13 Å². The Morgan fingerprint density at radius 2 is 2.50 bits per heavy atom. The molecule has 5 nitrogen and oxygen atoms in total. The number of hydrogen-bond acceptors (Lipinski definition) is 4. The number of nitrogens with zero attached hydrogens (tertiary/aromatic N) is 3. The second-order valence-corrected chi connectivity index (χ2v) is 3.92. The predicted molar refractivity (Wildman–Crippen MR) is 48.6 cm³/mol. The average Bonchev–Trinajstić information content (AvgIpc) is 2.60. The molecule has 1 aliphatic rings. The maximum absolute atomic E-state index is 12.7. The smallest absolute Gasteiger partial charge is 0.328 e. The molecule has 1 unspecified atom stereocenters. The largest absolute Gasteiger partial charge is 0.371 e. The molecule has 7 heteroatoms. The molecule has 14 heavy (non-hydrogen) atoms. The molecule has 1 aromatic rings. The van der Waals surface area contributed by atoms with Gasteiger partial charge in [0.2, 0.25) is 0 Å². The molecule has 0 bridgehead atoms. The number of urea groups is 1. The first-order valence-corrected chi connectivity index (χ1v) is 4.75. The molecular formula is C7H8FN3O2S. The lowest BCUT2D eigenvalue weighted by atomic mass is 10.5. The molecule has 2 amide bonds. The molecule has 1 aromatic heterocycles. The summed E-state index contributed by atoms with van der Waals surface area (Å²) in [5.41, 5.74) is 0. The van der Waals surface area contributed by atoms with Gasteiger partial charge in [-0.1, -0.05) is 11.3 Å². The van der Waals surface area contributed by atoms with E-state index in [1.807, 2.05) is 0 Å². The van der Waals surface area contributed by atoms with Gasteiger partial charge in [0.25, 0.3) is 0 Å². The monoisotopic (exact) mass is 217 g/mol. The summed E-state index contributed by atoms with van der Waals surface area (Å²) >= 11 is 0.735. The minimum Gasteiger partial charge on any atom is -0.371 e. The van der Waals surface area contributed by atoms with Crippen molar-refractivity contribution in [2.24, 2.45) is 0 Å². The topological polar surface area (TPSA) is 56.7 Å². The van der Waals surface area contributed by atoms with Crippen LogP contribution in [0.5, 0.6) is 0 Å². The van der Waals surface area contributed by atoms with E-state index in [2.05, 4.69) is 4.98 Å². The van der Waals surface area contributed by atoms with Crippen LogP contribution in [0.4, 0.5) is 14.3 Å². The standard InChI is InChI=1S/C7H8FN3O2S/c1-10-3-5(12)11(7(10)13)6-9-2-4(8)14-6/h2,5,12H,3H2,1H3. The van der Waals surface area contributed by atoms with Gasteiger partial charge in [0, 0.05) is 7.05 Å². The van der Waals surface area contributed by atoms with Crippen molar-refractivity contribution in [1.82, 2.24) is 9.88 Å². The van der Waals surface area contributed by atoms with Crippen LogP contribution in [0.25, 0.3) is 0 Å². The summed E-state index contributed by atoms with van der Waals surface area (Å²) in [4.78, 5) is 17.6. The Hall–Kier alpha value is -1.21. The van der Waals surface area contributed by atoms with E-state index in [-0.39, 0.29) is 17.7 Å². The van der Waals surface area contributed by atoms with Crippen LogP contribution < -0.4 is 4.90 Å². The number of thiazole rings is 1. The van der Waals surface area contributed by atoms with Gasteiger partial charge in [-0.2, -0.15) is 4.39 Å². The second-order valence-electron chi connectivity index (χ2n) is 2.96. The Morgan fingerprint density at radius 3 is 2.93 bits per heavy atom. The molecule has 1 atom stereocenters. The molecule has 0 spiro atoms. The zero-order valence-electron chi connectivity index (χ0n) is 7.35. The van der Waals surface area contributed by atoms with Crippen LogP contribution in [-0.2, 0) is 0 Å². The number of carbonyl (C=O) groups is 1. The first-order chi connectivity index (χ1) is 6.59. The third-order valence-corrected chi connectivity index (χ3v) is 2.72. The Bertz CT molecular complexity index is 370. The lowest BCUT2D eigenvalue weighted by Crippen LogP contribution is -2.33. The van der Waals surface area contributed by atoms with Crippen molar-refractivity contribution >= 4 is 22.5 Å². The lowest BCUT2D eigenvalue weighted by Gasteiger charge is -2.14. The Kier molecular flexibility index (Phi) is 2.12. The quantitative estimate of drug-likeness (QED) is 0.744. The number of aromatic nitrogens is 1. The SMILES string of the molecule is CN1CC(O)N(c2ncc(F)s2)C1=O. The fraction of sp³-hybridized carbons (Fsp3) is 0.429. The number of amides is 2. The fourth-order valence-corrected chi connectivity index (χ4v) is 1.97. The summed E-state index contributed by atoms with van der Waals surface area (Å²) in [5.74, 6) is 0. The van der Waals surface area contributed by atoms with E-state index in [0.29, 0.717) is 0 Å². The van der Waals surface area contributed by atoms with Gasteiger partial charge in [0.05, 0.1) is 12.7 Å². The minimum atomic E-state index is -0.946. The molecule has 2 heterocycles. The van der Waals surface area contributed by atoms with E-state index < -0.39 is 11.4 Å². The summed E-state index contributed by atoms with van der Waals surface area (Å²) < 4.78 is 12.7. The van der Waals surface area contributed by atoms with Gasteiger partial charge in [-0.05, 0) is 0 Å². The van der Waals surface area contributed by atoms with Crippen LogP contribution in [0.15, 0.2) is 6.20 Å². The molecule has 0 radical (unpaired) electrons. The first-order valence-electron chi connectivity index (χ1n) is 3.93. The molecule has 76 valence electrons. The molecule has 1 fully saturated rings. The van der Waals surface area contributed by atoms with Crippen molar-refractivity contribution in [2.75, 3.05) is 18.5 Å². The van der Waals surface area contributed by atoms with Crippen LogP contribution in [0.3, 0.4) is 0 Å². The normalized spacial score (nSPS) is 22.2. The van der Waals surface area contributed by atoms with E-state index in [1.165, 1.54) is 4.90 Å². The molecule has 0 aliphatic carbocycles. The number of hydrogen-bond donors (Lipinski definition) is 1. The average molecular weight is 217 g/mol. The van der Waals surface area contributed by atoms with E-state index in [1.54, 1.807) is 7.05 Å². The highest BCUT2D eigenvalue weighted by Crippen LogP contribution is 2.26. The zero-order valence-corrected chi connectivity index (χ0v) is 8.16. The predicted octanol–water partition coefficient (Wildman–Crippen LogP) is 0.472. The van der Waals surface area contributed by atoms with E-state index in [0.717, 1.165) is 22.4 Å². The van der Waals surface area contributed by atoms with Gasteiger partial charge in [0.15, 0.2) is 16.5 Å². The van der Waals surface area contributed by atoms with Crippen molar-refractivity contribution < 1.29 is 14.3 Å². The minimum absolute atomic E-state index is 0.185. The molecule has 1 saturated heterocycles. The highest BCUT2D eigenvalue weighted by molar-refractivity contribution is 7.14. The van der Waals surface area contributed by atoms with E-state index >= 15 is 0 Å². The third-order valence-electron chi connectivity index (χ3n) is 1.94. The number of aliphatic hydroxyl groups excluding tert-OH is 1. The van der Waals surface area contributed by atoms with Crippen molar-refractivity contribution in [3.8, 4) is 0 Å². The van der Waals surface area contributed by atoms with E-state index in [4.69, 9.17) is 0 Å². The Balaban J connectivity index is 2.30. The van der Waals surface area contributed by atoms with Crippen molar-refractivity contribution in [3.63, 3.8) is 0 Å². The van der Waals surface area contributed by atoms with Crippen molar-refractivity contribution in [2.45, 2.75) is 6.23 Å². The van der Waals surface area contributed by atoms with Gasteiger partial charge in [-0.25, -0.2) is 14.7 Å². The van der Waals surface area contributed by atoms with Crippen LogP contribution in [-0.4, -0.2) is 40.8 Å². The fourth-order valence-electron chi connectivity index (χ4n) is 1.28. The highest BCUT2D eigenvalue weighted by atomic mass is 32.1. The highest BCUT2D eigenvalue weighted by Gasteiger charge is 2.36. The Labute approximate surface area is 83.4 Å². The molecule has 0 saturated carbocycles. The molecule has 0 aromatic carbocycles. The maximum atomic E-state index is 12.7. The van der Waals surface area contributed by atoms with E-state index in [9.17, 15) is 14.3 Å². The molecule has 2 rings (SSSR count). The van der Waals surface area contributed by atoms with Crippen LogP contribution in [0.2, 0.25) is 0 Å². The van der Waals surface area contributed by atoms with Crippen molar-refractivity contribution in [1.29, 1.82) is 0 Å². The summed E-state index contributed by atoms with van der Waals surface area (Å²) in [7, 11) is 1.56. The number of rotatable bonds is 1. The maximum Gasteiger partial charge on any atom is 0.328 e. The summed E-state index contributed by atoms with van der Waals surface area (Å²) in [5, 5.41) is 9.21. The molecule has 1 N–H and O–H groups in total. The van der Waals surface area contributed by atoms with Crippen LogP contribution in [0.1, 0.15) is 0 Å². The third kappa shape index (κ3) is 1.34. The number of anilines is 1. The first kappa shape index (κ1) is 9.35. The number of β-amino-alcohol motifs (C(OH)–C–C–N with tert-alkyl or cyclic N) is 1. The number of halogens is 1. The Morgan fingerprint density at radius 1 is 1.79 bits per heavy atom. The van der Waals surface area contributed by atoms with Gasteiger partial charge in [-0.15, -0.1) is 0 Å². The lowest BCUT2D eigenvalue weighted by molar-refractivity contribution is 0.183. The van der Waals surface area contributed by atoms with Crippen LogP contribution >= 0.6 is 11.3 Å². The van der Waals surface area contributed by atoms with Gasteiger partial charge in [0.1, 0.15) is 0 Å². The number of likely N-dealkylation sites (N-methyl/N-ethyl adjacent to an activating group) is 1. The summed E-state index contributed by atoms with van der Waals surface area (Å²) in [6.45, 7) is 0.208. The number of aliphatic hydroxyl groups is 1. The van der Waals surface area contributed by atoms with Gasteiger partial charge < -0.3 is 10.0 Å². The van der Waals surface area contributed by atoms with Gasteiger partial charge >= 0.3 is 6.03 Å². The van der Waals surface area contributed by atoms with Crippen molar-refractivity contribution in [3.05, 3.63) is 11.3 Å². The zero-order chi connectivity index (χ0) is 10.3. The summed E-state index contributed by atoms with van der Waals surface area (Å²) in [6.07, 6.45) is 0.0799. The second kappa shape index (κ2) is 3.18. The molecule has 1 aliphatic heterocycles. The summed E-state index contributed by atoms with van der Waals surface area (Å²) in [6, 6.07) is -0.369.